The molecule has 1 aromatic carbocycles. The molecule has 0 bridgehead atoms. The van der Waals surface area contributed by atoms with Crippen LogP contribution in [0.5, 0.6) is 0 Å². The van der Waals surface area contributed by atoms with E-state index in [1.165, 1.54) is 25.7 Å². The zero-order valence-corrected chi connectivity index (χ0v) is 8.44. The monoisotopic (exact) mass is 256 g/mol. The largest absolute Gasteiger partial charge is 0.0552 e. The van der Waals surface area contributed by atoms with E-state index >= 15 is 0 Å². The Morgan fingerprint density at radius 2 is 1.45 bits per heavy atom. The molecule has 0 aliphatic heterocycles. The minimum Gasteiger partial charge on any atom is -0.0552 e. The fourth-order valence-corrected chi connectivity index (χ4v) is 3.23. The number of fused-ring (bicyclic) bond motifs is 2. The summed E-state index contributed by atoms with van der Waals surface area (Å²) in [5.74, 6) is 0. The van der Waals surface area contributed by atoms with Crippen molar-refractivity contribution in [2.45, 2.75) is 25.7 Å². The number of hydrogen-bond donors (Lipinski definition) is 0. The van der Waals surface area contributed by atoms with Gasteiger partial charge in [-0.15, -0.1) is 0 Å². The highest BCUT2D eigenvalue weighted by atomic mass is 127. The van der Waals surface area contributed by atoms with Crippen molar-refractivity contribution in [2.75, 3.05) is 0 Å². The summed E-state index contributed by atoms with van der Waals surface area (Å²) in [6.45, 7) is 0. The first-order valence-corrected chi connectivity index (χ1v) is 5.26. The zero-order valence-electron chi connectivity index (χ0n) is 6.28. The summed E-state index contributed by atoms with van der Waals surface area (Å²) in [5.41, 5.74) is 6.58. The molecule has 0 nitrogen and oxygen atoms in total. The summed E-state index contributed by atoms with van der Waals surface area (Å²) in [7, 11) is 0. The van der Waals surface area contributed by atoms with Crippen LogP contribution >= 0.6 is 22.6 Å². The van der Waals surface area contributed by atoms with Gasteiger partial charge in [0, 0.05) is 3.57 Å². The molecule has 0 atom stereocenters. The quantitative estimate of drug-likeness (QED) is 0.625. The van der Waals surface area contributed by atoms with E-state index in [0.29, 0.717) is 0 Å². The summed E-state index contributed by atoms with van der Waals surface area (Å²) in [5, 5.41) is 0. The molecule has 0 unspecified atom stereocenters. The molecule has 0 aromatic heterocycles. The predicted molar refractivity (Wildman–Crippen MR) is 54.0 cm³/mol. The summed E-state index contributed by atoms with van der Waals surface area (Å²) in [4.78, 5) is 0. The average Bonchev–Trinajstić information content (AvgIpc) is 1.80. The van der Waals surface area contributed by atoms with Gasteiger partial charge in [0.1, 0.15) is 0 Å². The average molecular weight is 256 g/mol. The van der Waals surface area contributed by atoms with Crippen LogP contribution in [0, 0.1) is 3.57 Å². The second-order valence-electron chi connectivity index (χ2n) is 3.47. The van der Waals surface area contributed by atoms with Gasteiger partial charge in [-0.1, -0.05) is 6.07 Å². The van der Waals surface area contributed by atoms with Gasteiger partial charge in [-0.3, -0.25) is 0 Å². The SMILES string of the molecule is Ic1c2c(cc3c1CC3)CC2. The van der Waals surface area contributed by atoms with Crippen molar-refractivity contribution in [3.05, 3.63) is 31.9 Å². The van der Waals surface area contributed by atoms with Gasteiger partial charge in [0.05, 0.1) is 0 Å². The van der Waals surface area contributed by atoms with E-state index in [-0.39, 0.29) is 0 Å². The van der Waals surface area contributed by atoms with Crippen LogP contribution in [0.15, 0.2) is 6.07 Å². The Bertz CT molecular complexity index is 309. The highest BCUT2D eigenvalue weighted by molar-refractivity contribution is 14.1. The van der Waals surface area contributed by atoms with E-state index in [2.05, 4.69) is 28.7 Å². The number of rotatable bonds is 0. The van der Waals surface area contributed by atoms with E-state index in [4.69, 9.17) is 0 Å². The van der Waals surface area contributed by atoms with Crippen LogP contribution in [0.25, 0.3) is 0 Å². The van der Waals surface area contributed by atoms with Gasteiger partial charge in [-0.2, -0.15) is 0 Å². The topological polar surface area (TPSA) is 0 Å². The Hall–Kier alpha value is -0.0500. The maximum absolute atomic E-state index is 2.52. The fraction of sp³-hybridized carbons (Fsp3) is 0.400. The maximum Gasteiger partial charge on any atom is 0.0200 e. The van der Waals surface area contributed by atoms with Gasteiger partial charge in [-0.25, -0.2) is 0 Å². The lowest BCUT2D eigenvalue weighted by Gasteiger charge is -2.29. The molecular formula is C10H9I. The van der Waals surface area contributed by atoms with E-state index in [9.17, 15) is 0 Å². The van der Waals surface area contributed by atoms with Crippen molar-refractivity contribution in [1.82, 2.24) is 0 Å². The van der Waals surface area contributed by atoms with Crippen molar-refractivity contribution >= 4 is 22.6 Å². The molecule has 0 heterocycles. The molecule has 0 N–H and O–H groups in total. The molecule has 0 saturated heterocycles. The smallest absolute Gasteiger partial charge is 0.0200 e. The molecule has 56 valence electrons. The second-order valence-corrected chi connectivity index (χ2v) is 4.54. The lowest BCUT2D eigenvalue weighted by atomic mass is 9.78. The molecular weight excluding hydrogens is 247 g/mol. The molecule has 1 aromatic rings. The molecule has 0 fully saturated rings. The van der Waals surface area contributed by atoms with Crippen LogP contribution in [-0.2, 0) is 25.7 Å². The molecule has 0 amide bonds. The van der Waals surface area contributed by atoms with Crippen LogP contribution in [0.3, 0.4) is 0 Å². The van der Waals surface area contributed by atoms with Crippen molar-refractivity contribution in [3.8, 4) is 0 Å². The van der Waals surface area contributed by atoms with Gasteiger partial charge in [-0.05, 0) is 70.5 Å². The lowest BCUT2D eigenvalue weighted by molar-refractivity contribution is 0.764. The van der Waals surface area contributed by atoms with Crippen molar-refractivity contribution in [3.63, 3.8) is 0 Å². The van der Waals surface area contributed by atoms with Crippen LogP contribution < -0.4 is 0 Å². The summed E-state index contributed by atoms with van der Waals surface area (Å²) >= 11 is 2.52. The number of aryl methyl sites for hydroxylation is 2. The van der Waals surface area contributed by atoms with Crippen molar-refractivity contribution in [1.29, 1.82) is 0 Å². The van der Waals surface area contributed by atoms with E-state index in [0.717, 1.165) is 0 Å². The summed E-state index contributed by atoms with van der Waals surface area (Å²) in [6.07, 6.45) is 5.33. The van der Waals surface area contributed by atoms with E-state index < -0.39 is 0 Å². The van der Waals surface area contributed by atoms with E-state index in [1.54, 1.807) is 25.8 Å². The minimum absolute atomic E-state index is 1.33. The molecule has 0 spiro atoms. The Labute approximate surface area is 80.1 Å². The van der Waals surface area contributed by atoms with Crippen molar-refractivity contribution < 1.29 is 0 Å². The number of halogens is 1. The third-order valence-corrected chi connectivity index (χ3v) is 4.24. The highest BCUT2D eigenvalue weighted by Gasteiger charge is 2.25. The first kappa shape index (κ1) is 6.46. The Kier molecular flexibility index (Phi) is 1.18. The lowest BCUT2D eigenvalue weighted by Crippen LogP contribution is -2.19. The molecule has 0 saturated carbocycles. The Balaban J connectivity index is 2.34. The summed E-state index contributed by atoms with van der Waals surface area (Å²) in [6, 6.07) is 2.43. The summed E-state index contributed by atoms with van der Waals surface area (Å²) < 4.78 is 1.59. The standard InChI is InChI=1S/C10H9I/c11-10-8-3-1-6(8)5-7-2-4-9(7)10/h5H,1-4H2. The van der Waals surface area contributed by atoms with Crippen molar-refractivity contribution in [2.24, 2.45) is 0 Å². The van der Waals surface area contributed by atoms with Crippen LogP contribution in [0.4, 0.5) is 0 Å². The second kappa shape index (κ2) is 2.00. The van der Waals surface area contributed by atoms with Gasteiger partial charge >= 0.3 is 0 Å². The molecule has 2 aliphatic rings. The highest BCUT2D eigenvalue weighted by Crippen LogP contribution is 2.37. The fourth-order valence-electron chi connectivity index (χ4n) is 2.00. The van der Waals surface area contributed by atoms with Crippen LogP contribution in [0.2, 0.25) is 0 Å². The Morgan fingerprint density at radius 1 is 0.909 bits per heavy atom. The predicted octanol–water partition coefficient (Wildman–Crippen LogP) is 2.49. The third kappa shape index (κ3) is 0.701. The van der Waals surface area contributed by atoms with Crippen LogP contribution in [-0.4, -0.2) is 0 Å². The number of hydrogen-bond acceptors (Lipinski definition) is 0. The molecule has 1 heteroatoms. The molecule has 3 rings (SSSR count). The maximum atomic E-state index is 2.52. The van der Waals surface area contributed by atoms with Gasteiger partial charge in [0.15, 0.2) is 0 Å². The molecule has 0 radical (unpaired) electrons. The Morgan fingerprint density at radius 3 is 1.82 bits per heavy atom. The minimum atomic E-state index is 1.33. The normalized spacial score (nSPS) is 17.9. The van der Waals surface area contributed by atoms with Crippen LogP contribution in [0.1, 0.15) is 22.3 Å². The van der Waals surface area contributed by atoms with Gasteiger partial charge in [0.25, 0.3) is 0 Å². The molecule has 11 heavy (non-hydrogen) atoms. The van der Waals surface area contributed by atoms with Gasteiger partial charge in [0.2, 0.25) is 0 Å². The third-order valence-electron chi connectivity index (χ3n) is 2.94. The first-order valence-electron chi connectivity index (χ1n) is 4.18. The number of benzene rings is 1. The molecule has 2 aliphatic carbocycles. The zero-order chi connectivity index (χ0) is 7.42. The first-order chi connectivity index (χ1) is 5.36. The van der Waals surface area contributed by atoms with Gasteiger partial charge < -0.3 is 0 Å². The van der Waals surface area contributed by atoms with E-state index in [1.807, 2.05) is 0 Å².